The van der Waals surface area contributed by atoms with E-state index in [2.05, 4.69) is 4.98 Å². The molecule has 2 rings (SSSR count). The number of hydrogen-bond acceptors (Lipinski definition) is 4. The first-order valence-electron chi connectivity index (χ1n) is 5.83. The van der Waals surface area contributed by atoms with Crippen LogP contribution in [-0.4, -0.2) is 21.3 Å². The zero-order valence-electron chi connectivity index (χ0n) is 11.1. The van der Waals surface area contributed by atoms with Gasteiger partial charge in [-0.2, -0.15) is 13.2 Å². The minimum absolute atomic E-state index is 0.190. The summed E-state index contributed by atoms with van der Waals surface area (Å²) in [6, 6.07) is 0. The molecule has 0 bridgehead atoms. The molecule has 0 aliphatic carbocycles. The second-order valence-electron chi connectivity index (χ2n) is 5.94. The van der Waals surface area contributed by atoms with Crippen molar-refractivity contribution in [2.24, 2.45) is 0 Å². The van der Waals surface area contributed by atoms with Gasteiger partial charge in [0.25, 0.3) is 0 Å². The number of ether oxygens (including phenoxy) is 1. The Morgan fingerprint density at radius 3 is 2.26 bits per heavy atom. The van der Waals surface area contributed by atoms with Crippen LogP contribution in [-0.2, 0) is 16.5 Å². The summed E-state index contributed by atoms with van der Waals surface area (Å²) >= 11 is 0.473. The van der Waals surface area contributed by atoms with Gasteiger partial charge in [0.1, 0.15) is 5.60 Å². The van der Waals surface area contributed by atoms with Gasteiger partial charge in [-0.25, -0.2) is 4.98 Å². The molecule has 2 heterocycles. The Hall–Kier alpha value is -0.660. The largest absolute Gasteiger partial charge is 0.443 e. The van der Waals surface area contributed by atoms with Crippen LogP contribution in [0.1, 0.15) is 44.0 Å². The summed E-state index contributed by atoms with van der Waals surface area (Å²) in [5.74, 6) is 0. The third-order valence-electron chi connectivity index (χ3n) is 3.36. The van der Waals surface area contributed by atoms with Crippen LogP contribution in [0.2, 0.25) is 0 Å². The normalized spacial score (nSPS) is 29.7. The van der Waals surface area contributed by atoms with Crippen molar-refractivity contribution in [1.82, 2.24) is 4.98 Å². The first-order valence-corrected chi connectivity index (χ1v) is 6.65. The summed E-state index contributed by atoms with van der Waals surface area (Å²) in [5.41, 5.74) is -3.02. The maximum Gasteiger partial charge on any atom is 0.443 e. The molecule has 1 fully saturated rings. The van der Waals surface area contributed by atoms with Gasteiger partial charge in [0.05, 0.1) is 16.1 Å². The van der Waals surface area contributed by atoms with E-state index in [1.165, 1.54) is 0 Å². The molecular weight excluding hydrogens is 279 g/mol. The minimum Gasteiger partial charge on any atom is -0.381 e. The minimum atomic E-state index is -4.49. The molecule has 0 radical (unpaired) electrons. The third kappa shape index (κ3) is 2.39. The topological polar surface area (TPSA) is 42.4 Å². The zero-order valence-corrected chi connectivity index (χ0v) is 11.9. The van der Waals surface area contributed by atoms with Crippen molar-refractivity contribution in [3.8, 4) is 0 Å². The average Bonchev–Trinajstić information content (AvgIpc) is 2.66. The van der Waals surface area contributed by atoms with Gasteiger partial charge in [-0.05, 0) is 27.7 Å². The Labute approximate surface area is 113 Å². The van der Waals surface area contributed by atoms with E-state index in [9.17, 15) is 18.3 Å². The Bertz CT molecular complexity index is 495. The smallest absolute Gasteiger partial charge is 0.381 e. The number of hydrogen-bond donors (Lipinski definition) is 1. The van der Waals surface area contributed by atoms with E-state index in [1.54, 1.807) is 27.7 Å². The maximum atomic E-state index is 12.6. The van der Waals surface area contributed by atoms with E-state index in [1.807, 2.05) is 0 Å². The number of nitrogens with zero attached hydrogens (tertiary/aromatic N) is 1. The molecule has 1 aliphatic heterocycles. The number of aliphatic hydroxyl groups is 1. The second kappa shape index (κ2) is 3.93. The molecule has 108 valence electrons. The highest BCUT2D eigenvalue weighted by atomic mass is 32.1. The number of rotatable bonds is 1. The van der Waals surface area contributed by atoms with Crippen LogP contribution >= 0.6 is 11.3 Å². The van der Waals surface area contributed by atoms with Crippen LogP contribution in [0.3, 0.4) is 0 Å². The molecule has 1 aromatic rings. The molecule has 0 saturated carbocycles. The Morgan fingerprint density at radius 2 is 1.89 bits per heavy atom. The van der Waals surface area contributed by atoms with Crippen LogP contribution in [0.5, 0.6) is 0 Å². The van der Waals surface area contributed by atoms with Gasteiger partial charge in [0, 0.05) is 12.6 Å². The number of halogens is 3. The van der Waals surface area contributed by atoms with Crippen molar-refractivity contribution in [3.63, 3.8) is 0 Å². The lowest BCUT2D eigenvalue weighted by Gasteiger charge is -2.33. The molecule has 1 aliphatic rings. The van der Waals surface area contributed by atoms with Crippen molar-refractivity contribution < 1.29 is 23.0 Å². The molecule has 1 unspecified atom stereocenters. The van der Waals surface area contributed by atoms with E-state index in [-0.39, 0.29) is 11.3 Å². The van der Waals surface area contributed by atoms with Crippen LogP contribution in [0, 0.1) is 0 Å². The van der Waals surface area contributed by atoms with Gasteiger partial charge in [-0.3, -0.25) is 0 Å². The summed E-state index contributed by atoms with van der Waals surface area (Å²) in [7, 11) is 0. The summed E-state index contributed by atoms with van der Waals surface area (Å²) in [4.78, 5) is 3.56. The lowest BCUT2D eigenvalue weighted by Crippen LogP contribution is -2.43. The summed E-state index contributed by atoms with van der Waals surface area (Å²) in [5, 5.41) is 9.84. The first-order chi connectivity index (χ1) is 8.37. The van der Waals surface area contributed by atoms with Gasteiger partial charge < -0.3 is 9.84 Å². The highest BCUT2D eigenvalue weighted by molar-refractivity contribution is 7.11. The molecular formula is C12H16F3NO2S. The summed E-state index contributed by atoms with van der Waals surface area (Å²) in [6.45, 7) is 6.96. The van der Waals surface area contributed by atoms with Gasteiger partial charge in [0.15, 0.2) is 5.01 Å². The predicted molar refractivity (Wildman–Crippen MR) is 64.9 cm³/mol. The van der Waals surface area contributed by atoms with Crippen molar-refractivity contribution >= 4 is 11.3 Å². The highest BCUT2D eigenvalue weighted by Crippen LogP contribution is 2.52. The van der Waals surface area contributed by atoms with E-state index in [0.29, 0.717) is 11.3 Å². The quantitative estimate of drug-likeness (QED) is 0.864. The van der Waals surface area contributed by atoms with Crippen LogP contribution in [0.25, 0.3) is 0 Å². The zero-order chi connectivity index (χ0) is 14.7. The van der Waals surface area contributed by atoms with Crippen molar-refractivity contribution in [3.05, 3.63) is 16.1 Å². The van der Waals surface area contributed by atoms with Crippen LogP contribution in [0.4, 0.5) is 13.2 Å². The summed E-state index contributed by atoms with van der Waals surface area (Å²) < 4.78 is 43.5. The van der Waals surface area contributed by atoms with Gasteiger partial charge >= 0.3 is 6.18 Å². The molecule has 3 nitrogen and oxygen atoms in total. The summed E-state index contributed by atoms with van der Waals surface area (Å²) in [6.07, 6.45) is -3.16. The first kappa shape index (κ1) is 14.7. The lowest BCUT2D eigenvalue weighted by atomic mass is 9.81. The monoisotopic (exact) mass is 295 g/mol. The Balaban J connectivity index is 2.43. The molecule has 0 spiro atoms. The molecule has 1 atom stereocenters. The van der Waals surface area contributed by atoms with Crippen molar-refractivity contribution in [2.45, 2.75) is 57.1 Å². The molecule has 1 saturated heterocycles. The fraction of sp³-hybridized carbons (Fsp3) is 0.750. The highest BCUT2D eigenvalue weighted by Gasteiger charge is 2.58. The molecule has 19 heavy (non-hydrogen) atoms. The van der Waals surface area contributed by atoms with Gasteiger partial charge in [0.2, 0.25) is 0 Å². The van der Waals surface area contributed by atoms with Gasteiger partial charge in [-0.15, -0.1) is 11.3 Å². The fourth-order valence-electron chi connectivity index (χ4n) is 2.62. The molecule has 7 heteroatoms. The molecule has 1 N–H and O–H groups in total. The average molecular weight is 295 g/mol. The van der Waals surface area contributed by atoms with E-state index in [0.717, 1.165) is 6.20 Å². The maximum absolute atomic E-state index is 12.6. The van der Waals surface area contributed by atoms with E-state index >= 15 is 0 Å². The van der Waals surface area contributed by atoms with Crippen LogP contribution < -0.4 is 0 Å². The van der Waals surface area contributed by atoms with Crippen LogP contribution in [0.15, 0.2) is 6.20 Å². The number of aromatic nitrogens is 1. The SMILES string of the molecule is CC1(C)CC(O)(c2cnc(C(F)(F)F)s2)C(C)(C)O1. The number of thiazole rings is 1. The molecule has 0 aromatic carbocycles. The molecule has 0 amide bonds. The predicted octanol–water partition coefficient (Wildman–Crippen LogP) is 3.33. The number of alkyl halides is 3. The van der Waals surface area contributed by atoms with Crippen molar-refractivity contribution in [1.29, 1.82) is 0 Å². The standard InChI is InChI=1S/C12H16F3NO2S/c1-9(2)6-11(17,10(3,4)18-9)7-5-16-8(19-7)12(13,14)15/h5,17H,6H2,1-4H3. The van der Waals surface area contributed by atoms with E-state index < -0.39 is 28.0 Å². The third-order valence-corrected chi connectivity index (χ3v) is 4.56. The second-order valence-corrected chi connectivity index (χ2v) is 6.97. The van der Waals surface area contributed by atoms with Gasteiger partial charge in [-0.1, -0.05) is 0 Å². The fourth-order valence-corrected chi connectivity index (χ4v) is 3.64. The molecule has 1 aromatic heterocycles. The Morgan fingerprint density at radius 1 is 1.32 bits per heavy atom. The Kier molecular flexibility index (Phi) is 3.05. The van der Waals surface area contributed by atoms with Crippen molar-refractivity contribution in [2.75, 3.05) is 0 Å². The lowest BCUT2D eigenvalue weighted by molar-refractivity contribution is -0.137. The van der Waals surface area contributed by atoms with E-state index in [4.69, 9.17) is 4.74 Å².